The minimum absolute atomic E-state index is 0.0614. The van der Waals surface area contributed by atoms with E-state index in [0.717, 1.165) is 17.2 Å². The van der Waals surface area contributed by atoms with Crippen molar-refractivity contribution in [2.24, 2.45) is 0 Å². The van der Waals surface area contributed by atoms with Gasteiger partial charge in [-0.1, -0.05) is 48.5 Å². The molecule has 1 heterocycles. The van der Waals surface area contributed by atoms with Crippen molar-refractivity contribution in [2.45, 2.75) is 26.6 Å². The van der Waals surface area contributed by atoms with Gasteiger partial charge in [-0.25, -0.2) is 8.78 Å². The van der Waals surface area contributed by atoms with Crippen molar-refractivity contribution in [2.75, 3.05) is 0 Å². The maximum Gasteiger partial charge on any atom is 0.250 e. The van der Waals surface area contributed by atoms with E-state index in [-0.39, 0.29) is 24.6 Å². The van der Waals surface area contributed by atoms with Gasteiger partial charge in [0, 0.05) is 23.7 Å². The van der Waals surface area contributed by atoms with Crippen molar-refractivity contribution < 1.29 is 13.6 Å². The van der Waals surface area contributed by atoms with Crippen molar-refractivity contribution in [3.63, 3.8) is 0 Å². The summed E-state index contributed by atoms with van der Waals surface area (Å²) in [7, 11) is 0. The number of amides is 1. The minimum Gasteiger partial charge on any atom is -0.327 e. The first kappa shape index (κ1) is 24.5. The van der Waals surface area contributed by atoms with Gasteiger partial charge in [-0.15, -0.1) is 10.2 Å². The Labute approximate surface area is 207 Å². The zero-order valence-electron chi connectivity index (χ0n) is 19.6. The van der Waals surface area contributed by atoms with E-state index in [9.17, 15) is 13.6 Å². The molecule has 4 aromatic rings. The van der Waals surface area contributed by atoms with Crippen LogP contribution >= 0.6 is 0 Å². The highest BCUT2D eigenvalue weighted by molar-refractivity contribution is 5.97. The van der Waals surface area contributed by atoms with Gasteiger partial charge in [0.05, 0.1) is 24.7 Å². The lowest BCUT2D eigenvalue weighted by Crippen LogP contribution is -2.32. The van der Waals surface area contributed by atoms with Gasteiger partial charge >= 0.3 is 0 Å². The van der Waals surface area contributed by atoms with Gasteiger partial charge in [-0.2, -0.15) is 5.26 Å². The fourth-order valence-corrected chi connectivity index (χ4v) is 3.75. The lowest BCUT2D eigenvalue weighted by Gasteiger charge is -2.23. The third kappa shape index (κ3) is 6.07. The molecule has 0 spiro atoms. The number of nitriles is 1. The zero-order valence-corrected chi connectivity index (χ0v) is 19.6. The molecular weight excluding hydrogens is 460 g/mol. The number of hydrogen-bond acceptors (Lipinski definition) is 4. The molecule has 0 aliphatic heterocycles. The van der Waals surface area contributed by atoms with Crippen LogP contribution < -0.4 is 0 Å². The number of aromatic nitrogens is 3. The van der Waals surface area contributed by atoms with Crippen molar-refractivity contribution in [1.29, 1.82) is 5.26 Å². The normalized spacial score (nSPS) is 11.2. The predicted molar refractivity (Wildman–Crippen MR) is 131 cm³/mol. The molecule has 8 heteroatoms. The summed E-state index contributed by atoms with van der Waals surface area (Å²) < 4.78 is 29.7. The lowest BCUT2D eigenvalue weighted by molar-refractivity contribution is -0.128. The summed E-state index contributed by atoms with van der Waals surface area (Å²) in [4.78, 5) is 14.9. The highest BCUT2D eigenvalue weighted by Gasteiger charge is 2.21. The Morgan fingerprint density at radius 3 is 2.50 bits per heavy atom. The molecule has 0 aliphatic carbocycles. The first-order valence-corrected chi connectivity index (χ1v) is 11.2. The Morgan fingerprint density at radius 1 is 1.06 bits per heavy atom. The molecule has 0 saturated heterocycles. The SMILES string of the molecule is C/C(=C\c1ccccc1)C(=O)N(Cc1ccc(F)cc1F)Cc1nncn1Cc1ccc(C#N)cc1. The van der Waals surface area contributed by atoms with Crippen LogP contribution in [0, 0.1) is 23.0 Å². The van der Waals surface area contributed by atoms with E-state index in [0.29, 0.717) is 23.5 Å². The van der Waals surface area contributed by atoms with Crippen molar-refractivity contribution in [1.82, 2.24) is 19.7 Å². The third-order valence-corrected chi connectivity index (χ3v) is 5.65. The predicted octanol–water partition coefficient (Wildman–Crippen LogP) is 5.11. The molecule has 4 rings (SSSR count). The standard InChI is InChI=1S/C28H23F2N5O/c1-20(13-21-5-3-2-4-6-21)28(36)34(17-24-11-12-25(29)14-26(24)30)18-27-33-32-19-35(27)16-23-9-7-22(15-31)8-10-23/h2-14,19H,16-18H2,1H3/b20-13+. The summed E-state index contributed by atoms with van der Waals surface area (Å²) in [6, 6.07) is 21.9. The van der Waals surface area contributed by atoms with Crippen LogP contribution in [0.2, 0.25) is 0 Å². The molecule has 0 fully saturated rings. The summed E-state index contributed by atoms with van der Waals surface area (Å²) in [5.74, 6) is -1.22. The smallest absolute Gasteiger partial charge is 0.250 e. The third-order valence-electron chi connectivity index (χ3n) is 5.65. The number of hydrogen-bond donors (Lipinski definition) is 0. The first-order chi connectivity index (χ1) is 17.4. The number of benzene rings is 3. The van der Waals surface area contributed by atoms with E-state index in [1.54, 1.807) is 36.0 Å². The molecule has 36 heavy (non-hydrogen) atoms. The molecular formula is C28H23F2N5O. The fraction of sp³-hybridized carbons (Fsp3) is 0.143. The van der Waals surface area contributed by atoms with E-state index < -0.39 is 11.6 Å². The molecule has 3 aromatic carbocycles. The minimum atomic E-state index is -0.725. The number of carbonyl (C=O) groups excluding carboxylic acids is 1. The number of rotatable bonds is 8. The summed E-state index contributed by atoms with van der Waals surface area (Å²) in [5.41, 5.74) is 3.00. The molecule has 0 unspecified atom stereocenters. The number of nitrogens with zero attached hydrogens (tertiary/aromatic N) is 5. The average Bonchev–Trinajstić information content (AvgIpc) is 3.32. The van der Waals surface area contributed by atoms with E-state index in [1.165, 1.54) is 17.0 Å². The van der Waals surface area contributed by atoms with Crippen LogP contribution in [0.3, 0.4) is 0 Å². The van der Waals surface area contributed by atoms with E-state index in [4.69, 9.17) is 5.26 Å². The first-order valence-electron chi connectivity index (χ1n) is 11.2. The molecule has 0 saturated carbocycles. The van der Waals surface area contributed by atoms with Crippen LogP contribution in [0.15, 0.2) is 84.7 Å². The fourth-order valence-electron chi connectivity index (χ4n) is 3.75. The van der Waals surface area contributed by atoms with Gasteiger partial charge in [0.25, 0.3) is 0 Å². The van der Waals surface area contributed by atoms with Crippen LogP contribution in [0.25, 0.3) is 6.08 Å². The van der Waals surface area contributed by atoms with Crippen molar-refractivity contribution in [3.8, 4) is 6.07 Å². The Balaban J connectivity index is 1.61. The molecule has 0 atom stereocenters. The van der Waals surface area contributed by atoms with Gasteiger partial charge in [-0.3, -0.25) is 4.79 Å². The van der Waals surface area contributed by atoms with E-state index >= 15 is 0 Å². The van der Waals surface area contributed by atoms with Crippen LogP contribution in [0.1, 0.15) is 35.0 Å². The van der Waals surface area contributed by atoms with Crippen LogP contribution in [-0.2, 0) is 24.4 Å². The van der Waals surface area contributed by atoms with Crippen LogP contribution in [-0.4, -0.2) is 25.6 Å². The Bertz CT molecular complexity index is 1420. The molecule has 0 aliphatic rings. The molecule has 0 N–H and O–H groups in total. The van der Waals surface area contributed by atoms with Gasteiger partial charge in [-0.05, 0) is 42.3 Å². The summed E-state index contributed by atoms with van der Waals surface area (Å²) in [5, 5.41) is 17.2. The van der Waals surface area contributed by atoms with Crippen molar-refractivity contribution >= 4 is 12.0 Å². The Hall–Kier alpha value is -4.64. The number of carbonyl (C=O) groups is 1. The average molecular weight is 484 g/mol. The molecule has 0 bridgehead atoms. The molecule has 1 aromatic heterocycles. The largest absolute Gasteiger partial charge is 0.327 e. The molecule has 0 radical (unpaired) electrons. The monoisotopic (exact) mass is 483 g/mol. The van der Waals surface area contributed by atoms with Gasteiger partial charge < -0.3 is 9.47 Å². The van der Waals surface area contributed by atoms with Gasteiger partial charge in [0.15, 0.2) is 5.82 Å². The second-order valence-corrected chi connectivity index (χ2v) is 8.32. The van der Waals surface area contributed by atoms with E-state index in [2.05, 4.69) is 16.3 Å². The second-order valence-electron chi connectivity index (χ2n) is 8.32. The van der Waals surface area contributed by atoms with Crippen molar-refractivity contribution in [3.05, 3.63) is 124 Å². The maximum atomic E-state index is 14.5. The quantitative estimate of drug-likeness (QED) is 0.327. The summed E-state index contributed by atoms with van der Waals surface area (Å²) >= 11 is 0. The van der Waals surface area contributed by atoms with Gasteiger partial charge in [0.2, 0.25) is 5.91 Å². The Kier molecular flexibility index (Phi) is 7.61. The summed E-state index contributed by atoms with van der Waals surface area (Å²) in [6.07, 6.45) is 3.32. The maximum absolute atomic E-state index is 14.5. The zero-order chi connectivity index (χ0) is 25.5. The number of halogens is 2. The molecule has 1 amide bonds. The molecule has 180 valence electrons. The second kappa shape index (κ2) is 11.2. The highest BCUT2D eigenvalue weighted by atomic mass is 19.1. The Morgan fingerprint density at radius 2 is 1.81 bits per heavy atom. The van der Waals surface area contributed by atoms with E-state index in [1.807, 2.05) is 42.5 Å². The van der Waals surface area contributed by atoms with Gasteiger partial charge in [0.1, 0.15) is 18.0 Å². The van der Waals surface area contributed by atoms with Crippen LogP contribution in [0.4, 0.5) is 8.78 Å². The molecule has 6 nitrogen and oxygen atoms in total. The topological polar surface area (TPSA) is 74.8 Å². The van der Waals surface area contributed by atoms with Crippen LogP contribution in [0.5, 0.6) is 0 Å². The summed E-state index contributed by atoms with van der Waals surface area (Å²) in [6.45, 7) is 2.12. The lowest BCUT2D eigenvalue weighted by atomic mass is 10.1. The highest BCUT2D eigenvalue weighted by Crippen LogP contribution is 2.18.